The topological polar surface area (TPSA) is 52.0 Å². The molecule has 16 heavy (non-hydrogen) atoms. The summed E-state index contributed by atoms with van der Waals surface area (Å²) in [6, 6.07) is 0. The molecule has 0 aromatic carbocycles. The molecule has 0 saturated carbocycles. The number of aromatic nitrogens is 3. The van der Waals surface area contributed by atoms with E-state index >= 15 is 0 Å². The molecule has 1 aromatic heterocycles. The minimum Gasteiger partial charge on any atom is -0.383 e. The molecule has 0 aliphatic carbocycles. The van der Waals surface area contributed by atoms with Crippen LogP contribution in [0.25, 0.3) is 0 Å². The van der Waals surface area contributed by atoms with Crippen molar-refractivity contribution >= 4 is 0 Å². The number of halogens is 3. The van der Waals surface area contributed by atoms with Gasteiger partial charge in [-0.05, 0) is 0 Å². The van der Waals surface area contributed by atoms with Crippen molar-refractivity contribution in [1.29, 1.82) is 0 Å². The number of hydrogen-bond acceptors (Lipinski definition) is 4. The van der Waals surface area contributed by atoms with Gasteiger partial charge >= 0.3 is 6.18 Å². The predicted octanol–water partition coefficient (Wildman–Crippen LogP) is 0.576. The summed E-state index contributed by atoms with van der Waals surface area (Å²) in [6.07, 6.45) is -2.75. The van der Waals surface area contributed by atoms with Crippen LogP contribution in [-0.2, 0) is 17.8 Å². The minimum absolute atomic E-state index is 0.0310. The first-order chi connectivity index (χ1) is 7.53. The summed E-state index contributed by atoms with van der Waals surface area (Å²) in [7, 11) is 1.55. The molecule has 1 heterocycles. The van der Waals surface area contributed by atoms with Gasteiger partial charge in [0.25, 0.3) is 0 Å². The maximum absolute atomic E-state index is 11.9. The second-order valence-electron chi connectivity index (χ2n) is 3.15. The summed E-state index contributed by atoms with van der Waals surface area (Å²) in [5.41, 5.74) is 0. The molecule has 1 aromatic rings. The molecule has 0 fully saturated rings. The van der Waals surface area contributed by atoms with Gasteiger partial charge in [0, 0.05) is 13.7 Å². The Morgan fingerprint density at radius 1 is 1.50 bits per heavy atom. The number of nitrogens with zero attached hydrogens (tertiary/aromatic N) is 3. The number of nitrogens with one attached hydrogen (secondary N) is 1. The van der Waals surface area contributed by atoms with Gasteiger partial charge in [0.05, 0.1) is 19.7 Å². The van der Waals surface area contributed by atoms with E-state index in [1.165, 1.54) is 6.33 Å². The van der Waals surface area contributed by atoms with Crippen LogP contribution in [0.5, 0.6) is 0 Å². The quantitative estimate of drug-likeness (QED) is 0.787. The SMILES string of the molecule is COCCn1cnnc1CNCC(F)(F)F. The van der Waals surface area contributed by atoms with E-state index in [0.29, 0.717) is 19.0 Å². The molecule has 0 aliphatic rings. The number of alkyl halides is 3. The lowest BCUT2D eigenvalue weighted by atomic mass is 10.5. The summed E-state index contributed by atoms with van der Waals surface area (Å²) < 4.78 is 42.1. The molecule has 0 aliphatic heterocycles. The average Bonchev–Trinajstić information content (AvgIpc) is 2.60. The molecule has 5 nitrogen and oxygen atoms in total. The first kappa shape index (κ1) is 12.9. The molecule has 1 rings (SSSR count). The highest BCUT2D eigenvalue weighted by Crippen LogP contribution is 2.12. The number of rotatable bonds is 6. The summed E-state index contributed by atoms with van der Waals surface area (Å²) in [4.78, 5) is 0. The van der Waals surface area contributed by atoms with Crippen molar-refractivity contribution in [3.05, 3.63) is 12.2 Å². The molecule has 0 unspecified atom stereocenters. The van der Waals surface area contributed by atoms with Crippen molar-refractivity contribution in [3.8, 4) is 0 Å². The highest BCUT2D eigenvalue weighted by atomic mass is 19.4. The summed E-state index contributed by atoms with van der Waals surface area (Å²) in [5, 5.41) is 9.60. The molecule has 0 saturated heterocycles. The molecule has 0 bridgehead atoms. The maximum Gasteiger partial charge on any atom is 0.401 e. The van der Waals surface area contributed by atoms with Crippen LogP contribution in [0.15, 0.2) is 6.33 Å². The molecule has 0 atom stereocenters. The monoisotopic (exact) mass is 238 g/mol. The van der Waals surface area contributed by atoms with E-state index in [1.54, 1.807) is 11.7 Å². The largest absolute Gasteiger partial charge is 0.401 e. The molecule has 0 amide bonds. The van der Waals surface area contributed by atoms with Crippen LogP contribution in [0.4, 0.5) is 13.2 Å². The Morgan fingerprint density at radius 3 is 2.88 bits per heavy atom. The smallest absolute Gasteiger partial charge is 0.383 e. The zero-order chi connectivity index (χ0) is 12.0. The van der Waals surface area contributed by atoms with Gasteiger partial charge in [0.1, 0.15) is 12.2 Å². The Bertz CT molecular complexity index is 312. The summed E-state index contributed by atoms with van der Waals surface area (Å²) >= 11 is 0. The number of hydrogen-bond donors (Lipinski definition) is 1. The fourth-order valence-electron chi connectivity index (χ4n) is 1.11. The Morgan fingerprint density at radius 2 is 2.25 bits per heavy atom. The predicted molar refractivity (Wildman–Crippen MR) is 49.7 cm³/mol. The number of methoxy groups -OCH3 is 1. The van der Waals surface area contributed by atoms with E-state index < -0.39 is 12.7 Å². The lowest BCUT2D eigenvalue weighted by Crippen LogP contribution is -2.29. The molecule has 0 radical (unpaired) electrons. The van der Waals surface area contributed by atoms with Gasteiger partial charge < -0.3 is 14.6 Å². The van der Waals surface area contributed by atoms with Crippen LogP contribution >= 0.6 is 0 Å². The highest BCUT2D eigenvalue weighted by Gasteiger charge is 2.26. The number of ether oxygens (including phenoxy) is 1. The second-order valence-corrected chi connectivity index (χ2v) is 3.15. The van der Waals surface area contributed by atoms with Crippen LogP contribution in [0.2, 0.25) is 0 Å². The van der Waals surface area contributed by atoms with Gasteiger partial charge in [-0.2, -0.15) is 13.2 Å². The third-order valence-corrected chi connectivity index (χ3v) is 1.84. The van der Waals surface area contributed by atoms with Crippen LogP contribution in [-0.4, -0.2) is 41.2 Å². The second kappa shape index (κ2) is 5.80. The minimum atomic E-state index is -4.21. The summed E-state index contributed by atoms with van der Waals surface area (Å²) in [6.45, 7) is -0.0236. The van der Waals surface area contributed by atoms with Gasteiger partial charge in [-0.3, -0.25) is 0 Å². The van der Waals surface area contributed by atoms with E-state index in [-0.39, 0.29) is 6.54 Å². The van der Waals surface area contributed by atoms with Gasteiger partial charge in [-0.1, -0.05) is 0 Å². The van der Waals surface area contributed by atoms with E-state index in [2.05, 4.69) is 15.5 Å². The van der Waals surface area contributed by atoms with E-state index in [4.69, 9.17) is 4.74 Å². The molecule has 92 valence electrons. The molecular formula is C8H13F3N4O. The highest BCUT2D eigenvalue weighted by molar-refractivity contribution is 4.85. The van der Waals surface area contributed by atoms with E-state index in [0.717, 1.165) is 0 Å². The van der Waals surface area contributed by atoms with Crippen molar-refractivity contribution in [2.24, 2.45) is 0 Å². The van der Waals surface area contributed by atoms with Crippen LogP contribution in [0, 0.1) is 0 Å². The fraction of sp³-hybridized carbons (Fsp3) is 0.750. The molecule has 0 spiro atoms. The molecular weight excluding hydrogens is 225 g/mol. The maximum atomic E-state index is 11.9. The third-order valence-electron chi connectivity index (χ3n) is 1.84. The van der Waals surface area contributed by atoms with Crippen molar-refractivity contribution in [2.75, 3.05) is 20.3 Å². The van der Waals surface area contributed by atoms with Crippen molar-refractivity contribution in [2.45, 2.75) is 19.3 Å². The Balaban J connectivity index is 2.38. The van der Waals surface area contributed by atoms with Gasteiger partial charge in [-0.25, -0.2) is 0 Å². The third kappa shape index (κ3) is 4.58. The molecule has 1 N–H and O–H groups in total. The lowest BCUT2D eigenvalue weighted by molar-refractivity contribution is -0.125. The lowest BCUT2D eigenvalue weighted by Gasteiger charge is -2.09. The van der Waals surface area contributed by atoms with Crippen molar-refractivity contribution < 1.29 is 17.9 Å². The van der Waals surface area contributed by atoms with Crippen LogP contribution in [0.1, 0.15) is 5.82 Å². The first-order valence-electron chi connectivity index (χ1n) is 4.66. The summed E-state index contributed by atoms with van der Waals surface area (Å²) in [5.74, 6) is 0.460. The van der Waals surface area contributed by atoms with Gasteiger partial charge in [0.2, 0.25) is 0 Å². The average molecular weight is 238 g/mol. The van der Waals surface area contributed by atoms with Crippen LogP contribution < -0.4 is 5.32 Å². The Kier molecular flexibility index (Phi) is 4.69. The first-order valence-corrected chi connectivity index (χ1v) is 4.66. The van der Waals surface area contributed by atoms with Crippen LogP contribution in [0.3, 0.4) is 0 Å². The zero-order valence-corrected chi connectivity index (χ0v) is 8.79. The van der Waals surface area contributed by atoms with Gasteiger partial charge in [-0.15, -0.1) is 10.2 Å². The van der Waals surface area contributed by atoms with Crippen molar-refractivity contribution in [1.82, 2.24) is 20.1 Å². The van der Waals surface area contributed by atoms with Gasteiger partial charge in [0.15, 0.2) is 0 Å². The molecule has 8 heteroatoms. The van der Waals surface area contributed by atoms with E-state index in [1.807, 2.05) is 0 Å². The van der Waals surface area contributed by atoms with E-state index in [9.17, 15) is 13.2 Å². The Labute approximate surface area is 90.6 Å². The standard InChI is InChI=1S/C8H13F3N4O/c1-16-3-2-15-6-13-14-7(15)4-12-5-8(9,10)11/h6,12H,2-5H2,1H3. The van der Waals surface area contributed by atoms with Crippen molar-refractivity contribution in [3.63, 3.8) is 0 Å². The fourth-order valence-corrected chi connectivity index (χ4v) is 1.11. The Hall–Kier alpha value is -1.15. The normalized spacial score (nSPS) is 12.0. The zero-order valence-electron chi connectivity index (χ0n) is 8.79.